The van der Waals surface area contributed by atoms with Crippen molar-refractivity contribution in [3.63, 3.8) is 0 Å². The Morgan fingerprint density at radius 2 is 2.09 bits per heavy atom. The molecule has 1 unspecified atom stereocenters. The molecule has 0 saturated carbocycles. The molecular formula is C24H25FN4O4S. The van der Waals surface area contributed by atoms with Crippen LogP contribution in [-0.4, -0.2) is 61.6 Å². The molecule has 2 aliphatic heterocycles. The fourth-order valence-electron chi connectivity index (χ4n) is 4.19. The molecule has 1 atom stereocenters. The van der Waals surface area contributed by atoms with E-state index in [4.69, 9.17) is 9.47 Å². The number of rotatable bonds is 5. The molecule has 5 rings (SSSR count). The zero-order valence-electron chi connectivity index (χ0n) is 18.7. The van der Waals surface area contributed by atoms with E-state index in [1.54, 1.807) is 30.5 Å². The van der Waals surface area contributed by atoms with Crippen molar-refractivity contribution < 1.29 is 23.8 Å². The van der Waals surface area contributed by atoms with Gasteiger partial charge in [-0.3, -0.25) is 4.79 Å². The lowest BCUT2D eigenvalue weighted by Gasteiger charge is -2.36. The lowest BCUT2D eigenvalue weighted by Crippen LogP contribution is -2.43. The van der Waals surface area contributed by atoms with Crippen molar-refractivity contribution in [2.24, 2.45) is 0 Å². The van der Waals surface area contributed by atoms with Gasteiger partial charge in [0, 0.05) is 29.9 Å². The number of benzene rings is 2. The van der Waals surface area contributed by atoms with Gasteiger partial charge in [-0.15, -0.1) is 11.3 Å². The summed E-state index contributed by atoms with van der Waals surface area (Å²) in [6.07, 6.45) is 1.77. The van der Waals surface area contributed by atoms with Gasteiger partial charge in [-0.1, -0.05) is 6.07 Å². The first-order valence-corrected chi connectivity index (χ1v) is 11.9. The molecule has 10 heteroatoms. The molecule has 2 N–H and O–H groups in total. The molecule has 0 spiro atoms. The number of nitrogens with zero attached hydrogens (tertiary/aromatic N) is 3. The van der Waals surface area contributed by atoms with Crippen LogP contribution in [0.5, 0.6) is 5.75 Å². The molecule has 1 saturated heterocycles. The molecule has 1 amide bonds. The first-order valence-electron chi connectivity index (χ1n) is 11.1. The normalized spacial score (nSPS) is 17.8. The maximum atomic E-state index is 14.8. The number of hydrogen-bond acceptors (Lipinski definition) is 8. The Morgan fingerprint density at radius 1 is 1.26 bits per heavy atom. The van der Waals surface area contributed by atoms with Crippen LogP contribution in [0.15, 0.2) is 42.6 Å². The van der Waals surface area contributed by atoms with Crippen molar-refractivity contribution in [1.29, 1.82) is 0 Å². The average molecular weight is 485 g/mol. The summed E-state index contributed by atoms with van der Waals surface area (Å²) >= 11 is 1.50. The number of hydrogen-bond donors (Lipinski definition) is 2. The van der Waals surface area contributed by atoms with Gasteiger partial charge in [-0.05, 0) is 37.3 Å². The Balaban J connectivity index is 1.41. The van der Waals surface area contributed by atoms with Gasteiger partial charge in [0.25, 0.3) is 5.91 Å². The third-order valence-corrected chi connectivity index (χ3v) is 6.78. The number of morpholine rings is 1. The van der Waals surface area contributed by atoms with Gasteiger partial charge >= 0.3 is 0 Å². The number of fused-ring (bicyclic) bond motifs is 1. The highest BCUT2D eigenvalue weighted by atomic mass is 32.1. The van der Waals surface area contributed by atoms with E-state index in [0.29, 0.717) is 54.7 Å². The van der Waals surface area contributed by atoms with E-state index in [1.165, 1.54) is 17.4 Å². The fraction of sp³-hybridized carbons (Fsp3) is 0.333. The molecular weight excluding hydrogens is 459 g/mol. The monoisotopic (exact) mass is 484 g/mol. The van der Waals surface area contributed by atoms with E-state index in [0.717, 1.165) is 10.0 Å². The second-order valence-electron chi connectivity index (χ2n) is 8.14. The Hall–Kier alpha value is -3.21. The van der Waals surface area contributed by atoms with E-state index in [9.17, 15) is 14.3 Å². The number of anilines is 4. The van der Waals surface area contributed by atoms with Gasteiger partial charge in [0.2, 0.25) is 0 Å². The fourth-order valence-corrected chi connectivity index (χ4v) is 5.03. The molecule has 0 aliphatic carbocycles. The van der Waals surface area contributed by atoms with Gasteiger partial charge in [-0.25, -0.2) is 9.37 Å². The van der Waals surface area contributed by atoms with Gasteiger partial charge in [0.1, 0.15) is 12.4 Å². The molecule has 34 heavy (non-hydrogen) atoms. The van der Waals surface area contributed by atoms with E-state index in [2.05, 4.69) is 10.3 Å². The largest absolute Gasteiger partial charge is 0.488 e. The van der Waals surface area contributed by atoms with E-state index >= 15 is 0 Å². The zero-order valence-corrected chi connectivity index (χ0v) is 19.5. The number of amides is 1. The van der Waals surface area contributed by atoms with Crippen LogP contribution in [0.2, 0.25) is 0 Å². The molecule has 3 aromatic rings. The predicted molar refractivity (Wildman–Crippen MR) is 129 cm³/mol. The summed E-state index contributed by atoms with van der Waals surface area (Å²) < 4.78 is 26.0. The smallest absolute Gasteiger partial charge is 0.259 e. The first-order chi connectivity index (χ1) is 16.5. The number of carbonyl (C=O) groups excluding carboxylic acids is 1. The summed E-state index contributed by atoms with van der Waals surface area (Å²) in [5, 5.41) is 13.4. The minimum atomic E-state index is -0.409. The number of nitrogens with one attached hydrogen (secondary N) is 1. The molecule has 0 radical (unpaired) electrons. The van der Waals surface area contributed by atoms with E-state index in [1.807, 2.05) is 22.8 Å². The summed E-state index contributed by atoms with van der Waals surface area (Å²) in [6, 6.07) is 9.62. The molecule has 178 valence electrons. The van der Waals surface area contributed by atoms with Crippen LogP contribution in [0.4, 0.5) is 26.6 Å². The van der Waals surface area contributed by atoms with Crippen LogP contribution in [0.3, 0.4) is 0 Å². The number of halogens is 1. The lowest BCUT2D eigenvalue weighted by molar-refractivity contribution is 0.102. The maximum Gasteiger partial charge on any atom is 0.259 e. The molecule has 1 aromatic heterocycles. The maximum absolute atomic E-state index is 14.8. The van der Waals surface area contributed by atoms with Gasteiger partial charge in [0.15, 0.2) is 10.9 Å². The molecule has 2 aromatic carbocycles. The predicted octanol–water partition coefficient (Wildman–Crippen LogP) is 3.57. The summed E-state index contributed by atoms with van der Waals surface area (Å²) in [6.45, 7) is 4.42. The lowest BCUT2D eigenvalue weighted by atomic mass is 10.1. The van der Waals surface area contributed by atoms with Crippen LogP contribution < -0.4 is 19.9 Å². The zero-order chi connectivity index (χ0) is 23.7. The van der Waals surface area contributed by atoms with Crippen LogP contribution in [-0.2, 0) is 4.74 Å². The van der Waals surface area contributed by atoms with Crippen LogP contribution >= 0.6 is 11.3 Å². The Bertz CT molecular complexity index is 1200. The molecule has 2 aliphatic rings. The summed E-state index contributed by atoms with van der Waals surface area (Å²) in [5.41, 5.74) is 1.82. The average Bonchev–Trinajstić information content (AvgIpc) is 3.29. The number of thiazole rings is 1. The number of carbonyl (C=O) groups is 1. The number of ether oxygens (including phenoxy) is 2. The molecule has 0 bridgehead atoms. The number of aromatic nitrogens is 1. The van der Waals surface area contributed by atoms with E-state index < -0.39 is 11.7 Å². The SMILES string of the molecule is Cc1cnc(N2c3cccc(C(=O)Nc4ccc(N5CCOCC5)c(F)c4)c3OCC2CO)s1. The Labute approximate surface area is 200 Å². The van der Waals surface area contributed by atoms with Crippen LogP contribution in [0, 0.1) is 12.7 Å². The first kappa shape index (κ1) is 22.6. The van der Waals surface area contributed by atoms with Crippen molar-refractivity contribution in [3.8, 4) is 5.75 Å². The number of aliphatic hydroxyl groups is 1. The number of aliphatic hydroxyl groups excluding tert-OH is 1. The number of para-hydroxylation sites is 1. The van der Waals surface area contributed by atoms with Crippen molar-refractivity contribution in [2.45, 2.75) is 13.0 Å². The van der Waals surface area contributed by atoms with Crippen molar-refractivity contribution in [3.05, 3.63) is 58.9 Å². The minimum Gasteiger partial charge on any atom is -0.488 e. The summed E-state index contributed by atoms with van der Waals surface area (Å²) in [5.74, 6) is -0.404. The van der Waals surface area contributed by atoms with Crippen molar-refractivity contribution >= 4 is 39.4 Å². The van der Waals surface area contributed by atoms with Crippen molar-refractivity contribution in [2.75, 3.05) is 54.6 Å². The number of aryl methyl sites for hydroxylation is 1. The summed E-state index contributed by atoms with van der Waals surface area (Å²) in [7, 11) is 0. The molecule has 1 fully saturated rings. The Kier molecular flexibility index (Phi) is 6.36. The third kappa shape index (κ3) is 4.31. The standard InChI is InChI=1S/C24H25FN4O4S/c1-15-12-26-24(34-15)29-17(13-30)14-33-22-18(3-2-4-21(22)29)23(31)27-16-5-6-20(19(25)11-16)28-7-9-32-10-8-28/h2-6,11-12,17,30H,7-10,13-14H2,1H3,(H,27,31). The highest BCUT2D eigenvalue weighted by molar-refractivity contribution is 7.15. The minimum absolute atomic E-state index is 0.122. The van der Waals surface area contributed by atoms with Gasteiger partial charge in [-0.2, -0.15) is 0 Å². The highest BCUT2D eigenvalue weighted by Crippen LogP contribution is 2.42. The van der Waals surface area contributed by atoms with Crippen LogP contribution in [0.1, 0.15) is 15.2 Å². The van der Waals surface area contributed by atoms with E-state index in [-0.39, 0.29) is 19.3 Å². The van der Waals surface area contributed by atoms with Crippen molar-refractivity contribution in [1.82, 2.24) is 4.98 Å². The highest BCUT2D eigenvalue weighted by Gasteiger charge is 2.33. The quantitative estimate of drug-likeness (QED) is 0.573. The summed E-state index contributed by atoms with van der Waals surface area (Å²) in [4.78, 5) is 22.5. The molecule has 8 nitrogen and oxygen atoms in total. The van der Waals surface area contributed by atoms with Crippen LogP contribution in [0.25, 0.3) is 0 Å². The molecule has 3 heterocycles. The Morgan fingerprint density at radius 3 is 2.79 bits per heavy atom. The second-order valence-corrected chi connectivity index (χ2v) is 9.36. The van der Waals surface area contributed by atoms with Gasteiger partial charge < -0.3 is 29.7 Å². The van der Waals surface area contributed by atoms with Gasteiger partial charge in [0.05, 0.1) is 42.8 Å². The topological polar surface area (TPSA) is 87.2 Å². The third-order valence-electron chi connectivity index (χ3n) is 5.87. The second kappa shape index (κ2) is 9.57.